The van der Waals surface area contributed by atoms with Crippen LogP contribution >= 0.6 is 0 Å². The van der Waals surface area contributed by atoms with Gasteiger partial charge in [0.2, 0.25) is 20.0 Å². The molecule has 4 heterocycles. The maximum atomic E-state index is 13.1. The quantitative estimate of drug-likeness (QED) is 0.560. The monoisotopic (exact) mass is 475 g/mol. The van der Waals surface area contributed by atoms with E-state index in [2.05, 4.69) is 10.2 Å². The van der Waals surface area contributed by atoms with Crippen LogP contribution in [0.2, 0.25) is 0 Å². The molecule has 32 heavy (non-hydrogen) atoms. The summed E-state index contributed by atoms with van der Waals surface area (Å²) in [5.74, 6) is 0.987. The minimum atomic E-state index is -3.70. The van der Waals surface area contributed by atoms with Gasteiger partial charge in [0.05, 0.1) is 9.79 Å². The van der Waals surface area contributed by atoms with Crippen molar-refractivity contribution < 1.29 is 16.8 Å². The molecule has 3 aromatic rings. The summed E-state index contributed by atoms with van der Waals surface area (Å²) in [6, 6.07) is 11.3. The first-order valence-electron chi connectivity index (χ1n) is 10.8. The third-order valence-corrected chi connectivity index (χ3v) is 10.1. The number of hydrogen-bond donors (Lipinski definition) is 0. The van der Waals surface area contributed by atoms with Crippen LogP contribution in [0.25, 0.3) is 5.65 Å². The Labute approximate surface area is 187 Å². The molecule has 0 N–H and O–H groups in total. The van der Waals surface area contributed by atoms with Gasteiger partial charge in [-0.1, -0.05) is 6.07 Å². The van der Waals surface area contributed by atoms with Crippen molar-refractivity contribution in [3.8, 4) is 0 Å². The molecule has 5 rings (SSSR count). The summed E-state index contributed by atoms with van der Waals surface area (Å²) in [6.45, 7) is 1.78. The summed E-state index contributed by atoms with van der Waals surface area (Å²) in [4.78, 5) is 0.250. The summed E-state index contributed by atoms with van der Waals surface area (Å²) in [6.07, 6.45) is 4.93. The van der Waals surface area contributed by atoms with Gasteiger partial charge in [0.15, 0.2) is 5.65 Å². The number of nitrogens with zero attached hydrogens (tertiary/aromatic N) is 5. The van der Waals surface area contributed by atoms with Crippen molar-refractivity contribution in [2.24, 2.45) is 0 Å². The molecule has 0 saturated carbocycles. The fourth-order valence-electron chi connectivity index (χ4n) is 4.50. The van der Waals surface area contributed by atoms with Gasteiger partial charge >= 0.3 is 0 Å². The maximum absolute atomic E-state index is 13.1. The zero-order chi connectivity index (χ0) is 22.3. The standard InChI is InChI=1S/C21H25N5O4S2/c27-31(28,24-12-3-4-13-24)18-6-8-19(9-7-18)32(29,30)25-15-10-17(11-16-25)21-23-22-20-5-1-2-14-26(20)21/h1-2,5-9,14,17H,3-4,10-13,15-16H2. The van der Waals surface area contributed by atoms with Crippen molar-refractivity contribution in [3.05, 3.63) is 54.5 Å². The van der Waals surface area contributed by atoms with E-state index in [1.165, 1.54) is 32.9 Å². The third kappa shape index (κ3) is 3.72. The van der Waals surface area contributed by atoms with Gasteiger partial charge in [-0.05, 0) is 62.1 Å². The van der Waals surface area contributed by atoms with E-state index >= 15 is 0 Å². The number of hydrogen-bond acceptors (Lipinski definition) is 6. The van der Waals surface area contributed by atoms with Crippen molar-refractivity contribution in [1.82, 2.24) is 23.2 Å². The highest BCUT2D eigenvalue weighted by Gasteiger charge is 2.32. The van der Waals surface area contributed by atoms with Gasteiger partial charge in [-0.2, -0.15) is 8.61 Å². The summed E-state index contributed by atoms with van der Waals surface area (Å²) >= 11 is 0. The second kappa shape index (κ2) is 8.22. The Morgan fingerprint density at radius 1 is 0.719 bits per heavy atom. The van der Waals surface area contributed by atoms with E-state index in [1.54, 1.807) is 0 Å². The van der Waals surface area contributed by atoms with Crippen molar-refractivity contribution in [2.75, 3.05) is 26.2 Å². The largest absolute Gasteiger partial charge is 0.286 e. The van der Waals surface area contributed by atoms with Crippen LogP contribution in [0, 0.1) is 0 Å². The summed E-state index contributed by atoms with van der Waals surface area (Å²) in [7, 11) is -7.26. The molecule has 2 aliphatic rings. The van der Waals surface area contributed by atoms with E-state index in [-0.39, 0.29) is 15.7 Å². The van der Waals surface area contributed by atoms with Gasteiger partial charge in [0.1, 0.15) is 5.82 Å². The third-order valence-electron chi connectivity index (χ3n) is 6.32. The van der Waals surface area contributed by atoms with Crippen LogP contribution in [0.4, 0.5) is 0 Å². The maximum Gasteiger partial charge on any atom is 0.243 e. The van der Waals surface area contributed by atoms with Crippen LogP contribution in [-0.2, 0) is 20.0 Å². The van der Waals surface area contributed by atoms with Crippen LogP contribution in [0.5, 0.6) is 0 Å². The lowest BCUT2D eigenvalue weighted by molar-refractivity contribution is 0.312. The topological polar surface area (TPSA) is 105 Å². The highest BCUT2D eigenvalue weighted by atomic mass is 32.2. The number of sulfonamides is 2. The number of aromatic nitrogens is 3. The summed E-state index contributed by atoms with van der Waals surface area (Å²) in [5, 5.41) is 8.51. The van der Waals surface area contributed by atoms with Gasteiger partial charge in [0.25, 0.3) is 0 Å². The van der Waals surface area contributed by atoms with E-state index in [0.29, 0.717) is 39.0 Å². The van der Waals surface area contributed by atoms with E-state index in [4.69, 9.17) is 0 Å². The minimum absolute atomic E-state index is 0.115. The Kier molecular flexibility index (Phi) is 5.52. The molecule has 0 spiro atoms. The molecule has 0 radical (unpaired) electrons. The molecule has 0 unspecified atom stereocenters. The molecule has 9 nitrogen and oxygen atoms in total. The van der Waals surface area contributed by atoms with Crippen LogP contribution in [0.1, 0.15) is 37.4 Å². The van der Waals surface area contributed by atoms with Gasteiger partial charge in [-0.25, -0.2) is 16.8 Å². The lowest BCUT2D eigenvalue weighted by atomic mass is 9.97. The van der Waals surface area contributed by atoms with Crippen molar-refractivity contribution >= 4 is 25.7 Å². The molecule has 170 valence electrons. The fourth-order valence-corrected chi connectivity index (χ4v) is 7.49. The lowest BCUT2D eigenvalue weighted by Gasteiger charge is -2.30. The molecule has 1 aromatic carbocycles. The number of fused-ring (bicyclic) bond motifs is 1. The van der Waals surface area contributed by atoms with Gasteiger partial charge < -0.3 is 0 Å². The molecule has 2 aliphatic heterocycles. The van der Waals surface area contributed by atoms with Gasteiger partial charge in [-0.15, -0.1) is 10.2 Å². The smallest absolute Gasteiger partial charge is 0.243 e. The first-order chi connectivity index (χ1) is 15.4. The molecule has 0 amide bonds. The predicted octanol–water partition coefficient (Wildman–Crippen LogP) is 2.08. The molecular weight excluding hydrogens is 450 g/mol. The predicted molar refractivity (Wildman–Crippen MR) is 118 cm³/mol. The molecule has 2 fully saturated rings. The van der Waals surface area contributed by atoms with Crippen LogP contribution in [0.15, 0.2) is 58.5 Å². The van der Waals surface area contributed by atoms with E-state index in [1.807, 2.05) is 28.8 Å². The van der Waals surface area contributed by atoms with E-state index < -0.39 is 20.0 Å². The average molecular weight is 476 g/mol. The van der Waals surface area contributed by atoms with Crippen molar-refractivity contribution in [2.45, 2.75) is 41.4 Å². The van der Waals surface area contributed by atoms with Crippen LogP contribution in [-0.4, -0.2) is 66.2 Å². The summed E-state index contributed by atoms with van der Waals surface area (Å²) < 4.78 is 56.5. The Balaban J connectivity index is 1.30. The van der Waals surface area contributed by atoms with Crippen molar-refractivity contribution in [3.63, 3.8) is 0 Å². The van der Waals surface area contributed by atoms with Crippen LogP contribution in [0.3, 0.4) is 0 Å². The molecule has 0 aliphatic carbocycles. The minimum Gasteiger partial charge on any atom is -0.286 e. The highest BCUT2D eigenvalue weighted by Crippen LogP contribution is 2.30. The molecule has 2 saturated heterocycles. The number of piperidine rings is 1. The Morgan fingerprint density at radius 3 is 1.88 bits per heavy atom. The molecule has 11 heteroatoms. The SMILES string of the molecule is O=S(=O)(c1ccc(S(=O)(=O)N2CCC(c3nnc4ccccn34)CC2)cc1)N1CCCC1. The normalized spacial score (nSPS) is 19.6. The number of rotatable bonds is 5. The molecular formula is C21H25N5O4S2. The molecule has 2 aromatic heterocycles. The van der Waals surface area contributed by atoms with E-state index in [9.17, 15) is 16.8 Å². The Hall–Kier alpha value is -2.34. The zero-order valence-corrected chi connectivity index (χ0v) is 19.2. The van der Waals surface area contributed by atoms with Crippen LogP contribution < -0.4 is 0 Å². The zero-order valence-electron chi connectivity index (χ0n) is 17.5. The second-order valence-electron chi connectivity index (χ2n) is 8.25. The Bertz CT molecular complexity index is 1320. The van der Waals surface area contributed by atoms with Crippen molar-refractivity contribution in [1.29, 1.82) is 0 Å². The lowest BCUT2D eigenvalue weighted by Crippen LogP contribution is -2.38. The summed E-state index contributed by atoms with van der Waals surface area (Å²) in [5.41, 5.74) is 0.779. The molecule has 0 bridgehead atoms. The first kappa shape index (κ1) is 21.5. The number of benzene rings is 1. The fraction of sp³-hybridized carbons (Fsp3) is 0.429. The Morgan fingerprint density at radius 2 is 1.28 bits per heavy atom. The average Bonchev–Trinajstić information content (AvgIpc) is 3.50. The second-order valence-corrected chi connectivity index (χ2v) is 12.1. The van der Waals surface area contributed by atoms with Gasteiger partial charge in [-0.3, -0.25) is 4.40 Å². The van der Waals surface area contributed by atoms with E-state index in [0.717, 1.165) is 24.3 Å². The van der Waals surface area contributed by atoms with Gasteiger partial charge in [0, 0.05) is 38.3 Å². The molecule has 0 atom stereocenters. The number of pyridine rings is 1. The highest BCUT2D eigenvalue weighted by molar-refractivity contribution is 7.89. The first-order valence-corrected chi connectivity index (χ1v) is 13.7.